The minimum Gasteiger partial charge on any atom is -0.456 e. The van der Waals surface area contributed by atoms with Crippen LogP contribution in [0.1, 0.15) is 34.3 Å². The smallest absolute Gasteiger partial charge is 0.164 e. The fourth-order valence-corrected chi connectivity index (χ4v) is 4.62. The van der Waals surface area contributed by atoms with Crippen LogP contribution in [0, 0.1) is 0 Å². The Morgan fingerprint density at radius 1 is 0.400 bits per heavy atom. The third kappa shape index (κ3) is 4.43. The minimum absolute atomic E-state index is 0.401. The monoisotopic (exact) mass is 600 g/mol. The quantitative estimate of drug-likeness (QED) is 0.202. The largest absolute Gasteiger partial charge is 0.456 e. The summed E-state index contributed by atoms with van der Waals surface area (Å²) in [6.45, 7) is 0. The lowest BCUT2D eigenvalue weighted by molar-refractivity contribution is 0.669. The van der Waals surface area contributed by atoms with Crippen LogP contribution in [0.4, 0.5) is 0 Å². The van der Waals surface area contributed by atoms with Gasteiger partial charge in [-0.25, -0.2) is 15.0 Å². The van der Waals surface area contributed by atoms with Gasteiger partial charge in [-0.05, 0) is 62.9 Å². The molecule has 0 saturated heterocycles. The van der Waals surface area contributed by atoms with Crippen LogP contribution in [0.25, 0.3) is 88.8 Å². The zero-order chi connectivity index (χ0) is 51.5. The topological polar surface area (TPSA) is 51.8 Å². The lowest BCUT2D eigenvalue weighted by atomic mass is 9.98. The molecule has 0 aliphatic heterocycles. The third-order valence-corrected chi connectivity index (χ3v) is 6.63. The van der Waals surface area contributed by atoms with Crippen molar-refractivity contribution in [2.24, 2.45) is 0 Å². The first-order chi connectivity index (χ1) is 32.7. The maximum atomic E-state index is 9.46. The Morgan fingerprint density at radius 2 is 0.956 bits per heavy atom. The van der Waals surface area contributed by atoms with Gasteiger partial charge in [0, 0.05) is 27.5 Å². The van der Waals surface area contributed by atoms with Crippen LogP contribution in [-0.4, -0.2) is 15.0 Å². The highest BCUT2D eigenvalue weighted by Gasteiger charge is 2.17. The summed E-state index contributed by atoms with van der Waals surface area (Å²) in [4.78, 5) is 13.0. The van der Waals surface area contributed by atoms with Gasteiger partial charge >= 0.3 is 0 Å². The van der Waals surface area contributed by atoms with Crippen LogP contribution in [0.3, 0.4) is 0 Å². The van der Waals surface area contributed by atoms with Crippen LogP contribution in [0.5, 0.6) is 0 Å². The van der Waals surface area contributed by atoms with Crippen molar-refractivity contribution in [1.29, 1.82) is 0 Å². The molecule has 45 heavy (non-hydrogen) atoms. The Balaban J connectivity index is 1.43. The number of fused-ring (bicyclic) bond motifs is 5. The highest BCUT2D eigenvalue weighted by Crippen LogP contribution is 2.37. The second-order valence-electron chi connectivity index (χ2n) is 9.32. The highest BCUT2D eigenvalue weighted by molar-refractivity contribution is 6.11. The summed E-state index contributed by atoms with van der Waals surface area (Å²) < 4.78 is 224. The number of rotatable bonds is 4. The predicted molar refractivity (Wildman–Crippen MR) is 184 cm³/mol. The van der Waals surface area contributed by atoms with Crippen LogP contribution in [0.2, 0.25) is 0 Å². The van der Waals surface area contributed by atoms with Crippen molar-refractivity contribution in [3.8, 4) is 45.3 Å². The van der Waals surface area contributed by atoms with E-state index in [4.69, 9.17) is 31.8 Å². The Morgan fingerprint density at radius 3 is 1.76 bits per heavy atom. The van der Waals surface area contributed by atoms with Gasteiger partial charge in [0.2, 0.25) is 0 Å². The SMILES string of the molecule is [2H]c1c([2H])c([2H])c(-c2nc(-c3c([2H])c([2H])c4c([2H])c(-c5c([2H])c([2H])c6c([2H])c([2H])c([2H])c([2H])c6c5[2H])c([2H])c([2H])c4c3[2H])nc(-c3c([2H])c([2H])c([2H])c4oc5c([2H])c([2H])c([2H])c([2H])c5c34)n2)c([2H])c1[2H]. The molecule has 9 rings (SSSR count). The van der Waals surface area contributed by atoms with E-state index in [0.29, 0.717) is 0 Å². The van der Waals surface area contributed by atoms with E-state index in [2.05, 4.69) is 15.0 Å². The molecular formula is C41H25N3O. The lowest BCUT2D eigenvalue weighted by Crippen LogP contribution is -2.00. The summed E-state index contributed by atoms with van der Waals surface area (Å²) in [6, 6.07) is -20.9. The fraction of sp³-hybridized carbons (Fsp3) is 0. The van der Waals surface area contributed by atoms with Gasteiger partial charge in [-0.3, -0.25) is 0 Å². The number of hydrogen-bond donors (Lipinski definition) is 0. The molecule has 0 amide bonds. The van der Waals surface area contributed by atoms with Crippen LogP contribution in [-0.2, 0) is 0 Å². The highest BCUT2D eigenvalue weighted by atomic mass is 16.3. The van der Waals surface area contributed by atoms with Gasteiger partial charge in [-0.2, -0.15) is 0 Å². The first kappa shape index (κ1) is 10.8. The van der Waals surface area contributed by atoms with Gasteiger partial charge < -0.3 is 4.42 Å². The molecule has 2 heterocycles. The van der Waals surface area contributed by atoms with E-state index in [9.17, 15) is 6.85 Å². The molecule has 0 bridgehead atoms. The number of hydrogen-bond acceptors (Lipinski definition) is 4. The molecule has 0 saturated carbocycles. The molecule has 0 atom stereocenters. The summed E-state index contributed by atoms with van der Waals surface area (Å²) in [5.41, 5.74) is -4.51. The fourth-order valence-electron chi connectivity index (χ4n) is 4.62. The van der Waals surface area contributed by atoms with E-state index in [1.807, 2.05) is 0 Å². The van der Waals surface area contributed by atoms with Crippen molar-refractivity contribution in [2.45, 2.75) is 0 Å². The summed E-state index contributed by atoms with van der Waals surface area (Å²) in [5, 5.41) is -3.20. The summed E-state index contributed by atoms with van der Waals surface area (Å²) in [7, 11) is 0. The number of nitrogens with zero attached hydrogens (tertiary/aromatic N) is 3. The third-order valence-electron chi connectivity index (χ3n) is 6.63. The number of furan rings is 1. The van der Waals surface area contributed by atoms with Gasteiger partial charge in [0.15, 0.2) is 17.5 Å². The maximum absolute atomic E-state index is 9.46. The van der Waals surface area contributed by atoms with Crippen molar-refractivity contribution >= 4 is 43.5 Å². The van der Waals surface area contributed by atoms with E-state index in [1.54, 1.807) is 0 Å². The van der Waals surface area contributed by atoms with E-state index in [1.165, 1.54) is 0 Å². The maximum Gasteiger partial charge on any atom is 0.164 e. The zero-order valence-corrected chi connectivity index (χ0v) is 22.2. The average molecular weight is 601 g/mol. The summed E-state index contributed by atoms with van der Waals surface area (Å²) >= 11 is 0. The molecule has 9 aromatic rings. The van der Waals surface area contributed by atoms with E-state index >= 15 is 0 Å². The van der Waals surface area contributed by atoms with Crippen molar-refractivity contribution in [3.63, 3.8) is 0 Å². The molecule has 0 unspecified atom stereocenters. The Kier molecular flexibility index (Phi) is 2.46. The molecule has 210 valence electrons. The van der Waals surface area contributed by atoms with Gasteiger partial charge in [0.05, 0.1) is 34.3 Å². The van der Waals surface area contributed by atoms with Crippen molar-refractivity contribution < 1.29 is 38.7 Å². The zero-order valence-electron chi connectivity index (χ0n) is 47.2. The molecule has 0 aliphatic rings. The van der Waals surface area contributed by atoms with E-state index < -0.39 is 240 Å². The predicted octanol–water partition coefficient (Wildman–Crippen LogP) is 10.7. The Labute approximate surface area is 294 Å². The molecule has 0 fully saturated rings. The van der Waals surface area contributed by atoms with Crippen LogP contribution in [0.15, 0.2) is 155 Å². The summed E-state index contributed by atoms with van der Waals surface area (Å²) in [6.07, 6.45) is 0. The molecule has 0 N–H and O–H groups in total. The van der Waals surface area contributed by atoms with Gasteiger partial charge in [0.1, 0.15) is 11.2 Å². The number of aromatic nitrogens is 3. The standard InChI is InChI=1S/C41H25N3O/c1-2-10-27(11-3-1)39-42-40(44-41(43-39)35-14-8-16-37-38(35)34-13-6-7-15-36(34)45-37)33-22-21-31-24-30(19-20-32(31)25-33)29-18-17-26-9-4-5-12-28(26)23-29/h1-25H/i1D,2D,3D,4D,5D,6D,7D,8D,9D,10D,11D,12D,13D,14D,15D,16D,17D,18D,19D,20D,21D,22D,23D,24D,25D. The lowest BCUT2D eigenvalue weighted by Gasteiger charge is -2.10. The van der Waals surface area contributed by atoms with Gasteiger partial charge in [0.25, 0.3) is 0 Å². The van der Waals surface area contributed by atoms with Crippen molar-refractivity contribution in [2.75, 3.05) is 0 Å². The molecule has 0 spiro atoms. The van der Waals surface area contributed by atoms with Crippen LogP contribution >= 0.6 is 0 Å². The normalized spacial score (nSPS) is 19.3. The molecule has 2 aromatic heterocycles. The molecule has 0 radical (unpaired) electrons. The van der Waals surface area contributed by atoms with Gasteiger partial charge in [-0.15, -0.1) is 0 Å². The van der Waals surface area contributed by atoms with Crippen LogP contribution < -0.4 is 0 Å². The minimum atomic E-state index is -0.981. The first-order valence-corrected chi connectivity index (χ1v) is 13.0. The van der Waals surface area contributed by atoms with E-state index in [-0.39, 0.29) is 0 Å². The van der Waals surface area contributed by atoms with Crippen molar-refractivity contribution in [3.05, 3.63) is 151 Å². The van der Waals surface area contributed by atoms with E-state index in [0.717, 1.165) is 0 Å². The Hall–Kier alpha value is -6.13. The van der Waals surface area contributed by atoms with Crippen molar-refractivity contribution in [1.82, 2.24) is 15.0 Å². The average Bonchev–Trinajstić information content (AvgIpc) is 3.72. The molecule has 7 aromatic carbocycles. The second-order valence-corrected chi connectivity index (χ2v) is 9.32. The first-order valence-electron chi connectivity index (χ1n) is 25.5. The molecule has 4 heteroatoms. The summed E-state index contributed by atoms with van der Waals surface area (Å²) in [5.74, 6) is -2.38. The number of benzene rings is 7. The molecule has 0 aliphatic carbocycles. The van der Waals surface area contributed by atoms with Gasteiger partial charge in [-0.1, -0.05) is 121 Å². The Bertz CT molecular complexity index is 3940. The number of para-hydroxylation sites is 1. The molecule has 4 nitrogen and oxygen atoms in total. The molecular weight excluding hydrogens is 550 g/mol. The second kappa shape index (κ2) is 10.2.